The highest BCUT2D eigenvalue weighted by Crippen LogP contribution is 2.39. The number of methoxy groups -OCH3 is 3. The van der Waals surface area contributed by atoms with E-state index in [2.05, 4.69) is 10.8 Å². The van der Waals surface area contributed by atoms with E-state index in [9.17, 15) is 4.79 Å². The normalized spacial score (nSPS) is 10.9. The van der Waals surface area contributed by atoms with Crippen molar-refractivity contribution in [2.45, 2.75) is 12.5 Å². The molecule has 2 aromatic rings. The largest absolute Gasteiger partial charge is 0.496 e. The van der Waals surface area contributed by atoms with Crippen LogP contribution in [0.15, 0.2) is 36.4 Å². The van der Waals surface area contributed by atoms with E-state index in [0.717, 1.165) is 16.7 Å². The van der Waals surface area contributed by atoms with Gasteiger partial charge < -0.3 is 19.9 Å². The van der Waals surface area contributed by atoms with Crippen LogP contribution in [-0.2, 0) is 16.0 Å². The molecule has 0 bridgehead atoms. The predicted octanol–water partition coefficient (Wildman–Crippen LogP) is 2.71. The summed E-state index contributed by atoms with van der Waals surface area (Å²) >= 11 is 0. The van der Waals surface area contributed by atoms with Crippen LogP contribution in [0.3, 0.4) is 0 Å². The number of rotatable bonds is 6. The zero-order valence-electron chi connectivity index (χ0n) is 14.8. The maximum atomic E-state index is 11.4. The van der Waals surface area contributed by atoms with E-state index < -0.39 is 12.0 Å². The van der Waals surface area contributed by atoms with Crippen molar-refractivity contribution in [2.24, 2.45) is 5.73 Å². The molecule has 2 N–H and O–H groups in total. The van der Waals surface area contributed by atoms with E-state index in [4.69, 9.17) is 20.5 Å². The zero-order valence-corrected chi connectivity index (χ0v) is 15.6. The summed E-state index contributed by atoms with van der Waals surface area (Å²) in [5.41, 5.74) is 8.78. The quantitative estimate of drug-likeness (QED) is 0.779. The summed E-state index contributed by atoms with van der Waals surface area (Å²) in [4.78, 5) is 11.4. The number of esters is 1. The van der Waals surface area contributed by atoms with Gasteiger partial charge in [-0.2, -0.15) is 5.26 Å². The lowest BCUT2D eigenvalue weighted by Crippen LogP contribution is -2.33. The Morgan fingerprint density at radius 1 is 1.12 bits per heavy atom. The number of hydrogen-bond donors (Lipinski definition) is 1. The molecule has 0 fully saturated rings. The van der Waals surface area contributed by atoms with E-state index in [0.29, 0.717) is 23.5 Å². The third-order valence-electron chi connectivity index (χ3n) is 3.84. The lowest BCUT2D eigenvalue weighted by molar-refractivity contribution is -0.142. The van der Waals surface area contributed by atoms with Crippen molar-refractivity contribution in [1.29, 1.82) is 5.26 Å². The molecule has 0 saturated heterocycles. The molecule has 6 nitrogen and oxygen atoms in total. The first-order valence-corrected chi connectivity index (χ1v) is 7.62. The van der Waals surface area contributed by atoms with Crippen LogP contribution >= 0.6 is 12.4 Å². The van der Waals surface area contributed by atoms with Crippen molar-refractivity contribution >= 4 is 18.4 Å². The zero-order chi connectivity index (χ0) is 18.4. The highest BCUT2D eigenvalue weighted by molar-refractivity contribution is 5.85. The summed E-state index contributed by atoms with van der Waals surface area (Å²) in [5.74, 6) is 0.657. The third kappa shape index (κ3) is 4.66. The van der Waals surface area contributed by atoms with Crippen LogP contribution in [0.1, 0.15) is 11.1 Å². The molecule has 0 saturated carbocycles. The first-order valence-electron chi connectivity index (χ1n) is 7.62. The summed E-state index contributed by atoms with van der Waals surface area (Å²) < 4.78 is 15.5. The highest BCUT2D eigenvalue weighted by atomic mass is 35.5. The van der Waals surface area contributed by atoms with Gasteiger partial charge in [0.2, 0.25) is 0 Å². The highest BCUT2D eigenvalue weighted by Gasteiger charge is 2.17. The molecule has 2 rings (SSSR count). The van der Waals surface area contributed by atoms with Crippen molar-refractivity contribution in [3.63, 3.8) is 0 Å². The Labute approximate surface area is 158 Å². The number of carbonyl (C=O) groups is 1. The minimum Gasteiger partial charge on any atom is -0.496 e. The van der Waals surface area contributed by atoms with E-state index in [1.54, 1.807) is 26.4 Å². The van der Waals surface area contributed by atoms with Crippen LogP contribution in [0.5, 0.6) is 11.5 Å². The minimum absolute atomic E-state index is 0. The first kappa shape index (κ1) is 21.3. The molecule has 0 heterocycles. The van der Waals surface area contributed by atoms with E-state index >= 15 is 0 Å². The number of ether oxygens (including phenoxy) is 3. The van der Waals surface area contributed by atoms with Crippen LogP contribution in [0.25, 0.3) is 11.1 Å². The maximum Gasteiger partial charge on any atom is 0.322 e. The number of halogens is 1. The molecule has 0 aliphatic heterocycles. The van der Waals surface area contributed by atoms with Gasteiger partial charge in [-0.25, -0.2) is 0 Å². The van der Waals surface area contributed by atoms with Gasteiger partial charge in [-0.1, -0.05) is 24.3 Å². The standard InChI is InChI=1S/C19H20N2O4.ClH/c1-23-16-9-13(11-20)10-17(24-2)18(16)14-6-4-12(5-7-14)8-15(21)19(22)25-3;/h4-7,9-10,15H,8,21H2,1-3H3;1H. The Morgan fingerprint density at radius 2 is 1.65 bits per heavy atom. The lowest BCUT2D eigenvalue weighted by Gasteiger charge is -2.15. The van der Waals surface area contributed by atoms with Crippen molar-refractivity contribution in [1.82, 2.24) is 0 Å². The molecular weight excluding hydrogens is 356 g/mol. The smallest absolute Gasteiger partial charge is 0.322 e. The molecule has 138 valence electrons. The van der Waals surface area contributed by atoms with Crippen molar-refractivity contribution in [3.05, 3.63) is 47.5 Å². The second-order valence-electron chi connectivity index (χ2n) is 5.40. The Hall–Kier alpha value is -2.75. The Morgan fingerprint density at radius 3 is 2.08 bits per heavy atom. The van der Waals surface area contributed by atoms with Crippen molar-refractivity contribution < 1.29 is 19.0 Å². The fourth-order valence-electron chi connectivity index (χ4n) is 2.56. The third-order valence-corrected chi connectivity index (χ3v) is 3.84. The SMILES string of the molecule is COC(=O)C(N)Cc1ccc(-c2c(OC)cc(C#N)cc2OC)cc1.Cl. The van der Waals surface area contributed by atoms with E-state index in [1.165, 1.54) is 7.11 Å². The van der Waals surface area contributed by atoms with Gasteiger partial charge in [0.15, 0.2) is 0 Å². The summed E-state index contributed by atoms with van der Waals surface area (Å²) in [6, 6.07) is 12.3. The molecule has 0 aromatic heterocycles. The van der Waals surface area contributed by atoms with Gasteiger partial charge in [-0.05, 0) is 29.7 Å². The van der Waals surface area contributed by atoms with Gasteiger partial charge in [0.05, 0.1) is 38.5 Å². The molecule has 1 unspecified atom stereocenters. The monoisotopic (exact) mass is 376 g/mol. The predicted molar refractivity (Wildman–Crippen MR) is 101 cm³/mol. The molecule has 0 aliphatic carbocycles. The second-order valence-corrected chi connectivity index (χ2v) is 5.40. The van der Waals surface area contributed by atoms with Gasteiger partial charge in [0.25, 0.3) is 0 Å². The molecule has 0 spiro atoms. The molecule has 0 amide bonds. The topological polar surface area (TPSA) is 94.6 Å². The molecule has 1 atom stereocenters. The maximum absolute atomic E-state index is 11.4. The second kappa shape index (κ2) is 9.66. The van der Waals surface area contributed by atoms with Crippen molar-refractivity contribution in [3.8, 4) is 28.7 Å². The average molecular weight is 377 g/mol. The lowest BCUT2D eigenvalue weighted by atomic mass is 9.98. The Kier molecular flexibility index (Phi) is 7.91. The minimum atomic E-state index is -0.699. The summed E-state index contributed by atoms with van der Waals surface area (Å²) in [6.07, 6.45) is 0.384. The Balaban J connectivity index is 0.00000338. The summed E-state index contributed by atoms with van der Waals surface area (Å²) in [5, 5.41) is 9.11. The van der Waals surface area contributed by atoms with Gasteiger partial charge in [0.1, 0.15) is 17.5 Å². The fourth-order valence-corrected chi connectivity index (χ4v) is 2.56. The number of nitrogens with zero attached hydrogens (tertiary/aromatic N) is 1. The van der Waals surface area contributed by atoms with Crippen LogP contribution in [0.2, 0.25) is 0 Å². The van der Waals surface area contributed by atoms with Gasteiger partial charge >= 0.3 is 5.97 Å². The summed E-state index contributed by atoms with van der Waals surface area (Å²) in [7, 11) is 4.40. The number of benzene rings is 2. The molecule has 0 aliphatic rings. The number of nitriles is 1. The van der Waals surface area contributed by atoms with Gasteiger partial charge in [-0.3, -0.25) is 4.79 Å². The van der Waals surface area contributed by atoms with Gasteiger partial charge in [-0.15, -0.1) is 12.4 Å². The fraction of sp³-hybridized carbons (Fsp3) is 0.263. The van der Waals surface area contributed by atoms with Gasteiger partial charge in [0, 0.05) is 0 Å². The van der Waals surface area contributed by atoms with E-state index in [1.807, 2.05) is 24.3 Å². The number of hydrogen-bond acceptors (Lipinski definition) is 6. The molecule has 2 aromatic carbocycles. The molecular formula is C19H21ClN2O4. The number of carbonyl (C=O) groups excluding carboxylic acids is 1. The first-order chi connectivity index (χ1) is 12.0. The van der Waals surface area contributed by atoms with Crippen LogP contribution in [-0.4, -0.2) is 33.3 Å². The van der Waals surface area contributed by atoms with E-state index in [-0.39, 0.29) is 12.4 Å². The van der Waals surface area contributed by atoms with Crippen molar-refractivity contribution in [2.75, 3.05) is 21.3 Å². The van der Waals surface area contributed by atoms with Crippen LogP contribution in [0, 0.1) is 11.3 Å². The molecule has 7 heteroatoms. The van der Waals surface area contributed by atoms with Crippen LogP contribution < -0.4 is 15.2 Å². The molecule has 0 radical (unpaired) electrons. The Bertz CT molecular complexity index is 775. The average Bonchev–Trinajstić information content (AvgIpc) is 2.66. The number of nitrogens with two attached hydrogens (primary N) is 1. The summed E-state index contributed by atoms with van der Waals surface area (Å²) in [6.45, 7) is 0. The molecule has 26 heavy (non-hydrogen) atoms. The van der Waals surface area contributed by atoms with Crippen LogP contribution in [0.4, 0.5) is 0 Å².